The highest BCUT2D eigenvalue weighted by Gasteiger charge is 2.12. The lowest BCUT2D eigenvalue weighted by Crippen LogP contribution is -2.31. The van der Waals surface area contributed by atoms with Crippen molar-refractivity contribution in [1.29, 1.82) is 0 Å². The van der Waals surface area contributed by atoms with E-state index in [0.29, 0.717) is 5.56 Å². The maximum atomic E-state index is 13.3. The Kier molecular flexibility index (Phi) is 4.89. The van der Waals surface area contributed by atoms with Gasteiger partial charge in [-0.2, -0.15) is 0 Å². The number of benzene rings is 1. The third-order valence-electron chi connectivity index (χ3n) is 2.83. The van der Waals surface area contributed by atoms with Crippen LogP contribution in [0.15, 0.2) is 41.2 Å². The number of furan rings is 1. The third kappa shape index (κ3) is 4.03. The highest BCUT2D eigenvalue weighted by Crippen LogP contribution is 2.18. The van der Waals surface area contributed by atoms with Gasteiger partial charge in [-0.05, 0) is 24.6 Å². The molecule has 1 atom stereocenters. The molecule has 7 heteroatoms. The van der Waals surface area contributed by atoms with E-state index >= 15 is 0 Å². The Labute approximate surface area is 119 Å². The van der Waals surface area contributed by atoms with E-state index in [4.69, 9.17) is 4.42 Å². The number of carbonyl (C=O) groups excluding carboxylic acids is 1. The van der Waals surface area contributed by atoms with Crippen molar-refractivity contribution in [2.45, 2.75) is 12.5 Å². The molecule has 0 fully saturated rings. The van der Waals surface area contributed by atoms with Gasteiger partial charge < -0.3 is 20.2 Å². The van der Waals surface area contributed by atoms with Gasteiger partial charge in [0.15, 0.2) is 0 Å². The monoisotopic (exact) mass is 296 g/mol. The number of carbonyl (C=O) groups is 1. The normalized spacial score (nSPS) is 12.0. The van der Waals surface area contributed by atoms with Crippen LogP contribution in [-0.2, 0) is 0 Å². The molecule has 0 spiro atoms. The molecule has 5 nitrogen and oxygen atoms in total. The van der Waals surface area contributed by atoms with Crippen LogP contribution in [0.1, 0.15) is 18.1 Å². The van der Waals surface area contributed by atoms with Crippen LogP contribution in [-0.4, -0.2) is 17.7 Å². The molecule has 0 aliphatic rings. The van der Waals surface area contributed by atoms with Crippen LogP contribution in [0, 0.1) is 11.6 Å². The number of hydrogen-bond donors (Lipinski definition) is 3. The Balaban J connectivity index is 1.80. The first-order chi connectivity index (χ1) is 10.1. The Morgan fingerprint density at radius 1 is 1.29 bits per heavy atom. The Morgan fingerprint density at radius 2 is 2.00 bits per heavy atom. The maximum Gasteiger partial charge on any atom is 0.319 e. The van der Waals surface area contributed by atoms with Crippen LogP contribution < -0.4 is 10.6 Å². The highest BCUT2D eigenvalue weighted by molar-refractivity contribution is 5.89. The van der Waals surface area contributed by atoms with Gasteiger partial charge in [0, 0.05) is 12.1 Å². The summed E-state index contributed by atoms with van der Waals surface area (Å²) in [5, 5.41) is 14.2. The van der Waals surface area contributed by atoms with Gasteiger partial charge in [-0.3, -0.25) is 0 Å². The van der Waals surface area contributed by atoms with Gasteiger partial charge in [0.1, 0.15) is 17.3 Å². The predicted octanol–water partition coefficient (Wildman–Crippen LogP) is 2.80. The zero-order chi connectivity index (χ0) is 15.2. The van der Waals surface area contributed by atoms with Crippen LogP contribution in [0.25, 0.3) is 0 Å². The zero-order valence-electron chi connectivity index (χ0n) is 11.0. The molecule has 0 radical (unpaired) electrons. The van der Waals surface area contributed by atoms with Gasteiger partial charge >= 0.3 is 6.03 Å². The number of amides is 2. The van der Waals surface area contributed by atoms with E-state index in [2.05, 4.69) is 10.6 Å². The zero-order valence-corrected chi connectivity index (χ0v) is 11.0. The van der Waals surface area contributed by atoms with Crippen molar-refractivity contribution in [2.24, 2.45) is 0 Å². The van der Waals surface area contributed by atoms with Crippen molar-refractivity contribution in [3.8, 4) is 0 Å². The fourth-order valence-corrected chi connectivity index (χ4v) is 1.73. The number of nitrogens with one attached hydrogen (secondary N) is 2. The largest absolute Gasteiger partial charge is 0.472 e. The molecule has 2 amide bonds. The standard InChI is InChI=1S/C14H14F2N2O3/c15-10-2-1-3-11(16)13(10)18-14(20)17-6-4-12(19)9-5-7-21-8-9/h1-3,5,7-8,12,19H,4,6H2,(H2,17,18,20)/t12-/m0/s1. The summed E-state index contributed by atoms with van der Waals surface area (Å²) in [5.74, 6) is -1.72. The molecule has 1 aromatic heterocycles. The fourth-order valence-electron chi connectivity index (χ4n) is 1.73. The highest BCUT2D eigenvalue weighted by atomic mass is 19.1. The molecule has 0 saturated carbocycles. The lowest BCUT2D eigenvalue weighted by molar-refractivity contribution is 0.166. The predicted molar refractivity (Wildman–Crippen MR) is 71.7 cm³/mol. The van der Waals surface area contributed by atoms with Crippen molar-refractivity contribution in [3.63, 3.8) is 0 Å². The van der Waals surface area contributed by atoms with E-state index in [0.717, 1.165) is 12.1 Å². The van der Waals surface area contributed by atoms with Gasteiger partial charge in [0.25, 0.3) is 0 Å². The summed E-state index contributed by atoms with van der Waals surface area (Å²) in [6, 6.07) is 4.15. The average Bonchev–Trinajstić information content (AvgIpc) is 2.97. The molecule has 0 unspecified atom stereocenters. The van der Waals surface area contributed by atoms with E-state index in [9.17, 15) is 18.7 Å². The molecule has 2 aromatic rings. The second kappa shape index (κ2) is 6.85. The second-order valence-corrected chi connectivity index (χ2v) is 4.34. The number of para-hydroxylation sites is 1. The summed E-state index contributed by atoms with van der Waals surface area (Å²) in [4.78, 5) is 11.5. The third-order valence-corrected chi connectivity index (χ3v) is 2.83. The first kappa shape index (κ1) is 15.0. The number of hydrogen-bond acceptors (Lipinski definition) is 3. The van der Waals surface area contributed by atoms with Crippen LogP contribution in [0.4, 0.5) is 19.3 Å². The minimum Gasteiger partial charge on any atom is -0.472 e. The fraction of sp³-hybridized carbons (Fsp3) is 0.214. The number of aliphatic hydroxyl groups excluding tert-OH is 1. The molecule has 112 valence electrons. The van der Waals surface area contributed by atoms with E-state index in [-0.39, 0.29) is 13.0 Å². The molecule has 21 heavy (non-hydrogen) atoms. The SMILES string of the molecule is O=C(NCC[C@H](O)c1ccoc1)Nc1c(F)cccc1F. The summed E-state index contributed by atoms with van der Waals surface area (Å²) < 4.78 is 31.5. The van der Waals surface area contributed by atoms with Gasteiger partial charge in [0.2, 0.25) is 0 Å². The number of urea groups is 1. The second-order valence-electron chi connectivity index (χ2n) is 4.34. The molecule has 0 aliphatic heterocycles. The summed E-state index contributed by atoms with van der Waals surface area (Å²) in [7, 11) is 0. The molecule has 3 N–H and O–H groups in total. The van der Waals surface area contributed by atoms with Crippen LogP contribution >= 0.6 is 0 Å². The molecular weight excluding hydrogens is 282 g/mol. The number of aliphatic hydroxyl groups is 1. The number of halogens is 2. The van der Waals surface area contributed by atoms with Crippen molar-refractivity contribution < 1.29 is 23.1 Å². The summed E-state index contributed by atoms with van der Waals surface area (Å²) in [6.07, 6.45) is 2.29. The smallest absolute Gasteiger partial charge is 0.319 e. The first-order valence-electron chi connectivity index (χ1n) is 6.27. The molecule has 2 rings (SSSR count). The van der Waals surface area contributed by atoms with Crippen molar-refractivity contribution in [3.05, 3.63) is 54.0 Å². The van der Waals surface area contributed by atoms with Gasteiger partial charge in [-0.1, -0.05) is 6.07 Å². The Bertz CT molecular complexity index is 582. The Hall–Kier alpha value is -2.41. The van der Waals surface area contributed by atoms with Crippen LogP contribution in [0.2, 0.25) is 0 Å². The minimum atomic E-state index is -0.858. The van der Waals surface area contributed by atoms with Gasteiger partial charge in [0.05, 0.1) is 18.6 Å². The molecule has 1 aromatic carbocycles. The minimum absolute atomic E-state index is 0.133. The van der Waals surface area contributed by atoms with E-state index in [1.165, 1.54) is 18.6 Å². The summed E-state index contributed by atoms with van der Waals surface area (Å²) in [5.41, 5.74) is 0.0859. The molecule has 1 heterocycles. The van der Waals surface area contributed by atoms with Gasteiger partial charge in [-0.25, -0.2) is 13.6 Å². The van der Waals surface area contributed by atoms with Gasteiger partial charge in [-0.15, -0.1) is 0 Å². The topological polar surface area (TPSA) is 74.5 Å². The molecular formula is C14H14F2N2O3. The van der Waals surface area contributed by atoms with Crippen molar-refractivity contribution in [2.75, 3.05) is 11.9 Å². The number of rotatable bonds is 5. The van der Waals surface area contributed by atoms with Crippen LogP contribution in [0.3, 0.4) is 0 Å². The lowest BCUT2D eigenvalue weighted by Gasteiger charge is -2.11. The Morgan fingerprint density at radius 3 is 2.62 bits per heavy atom. The van der Waals surface area contributed by atoms with E-state index in [1.54, 1.807) is 6.07 Å². The van der Waals surface area contributed by atoms with Crippen molar-refractivity contribution in [1.82, 2.24) is 5.32 Å². The molecule has 0 bridgehead atoms. The van der Waals surface area contributed by atoms with Crippen molar-refractivity contribution >= 4 is 11.7 Å². The summed E-state index contributed by atoms with van der Waals surface area (Å²) >= 11 is 0. The van der Waals surface area contributed by atoms with Crippen LogP contribution in [0.5, 0.6) is 0 Å². The first-order valence-corrected chi connectivity index (χ1v) is 6.27. The molecule has 0 aliphatic carbocycles. The summed E-state index contributed by atoms with van der Waals surface area (Å²) in [6.45, 7) is 0.133. The maximum absolute atomic E-state index is 13.3. The lowest BCUT2D eigenvalue weighted by atomic mass is 10.1. The quantitative estimate of drug-likeness (QED) is 0.794. The van der Waals surface area contributed by atoms with E-state index in [1.807, 2.05) is 0 Å². The average molecular weight is 296 g/mol. The van der Waals surface area contributed by atoms with E-state index < -0.39 is 29.5 Å². The molecule has 0 saturated heterocycles. The number of anilines is 1.